The Morgan fingerprint density at radius 2 is 1.86 bits per heavy atom. The highest BCUT2D eigenvalue weighted by Gasteiger charge is 2.12. The van der Waals surface area contributed by atoms with Gasteiger partial charge in [0.1, 0.15) is 0 Å². The third-order valence-electron chi connectivity index (χ3n) is 4.51. The van der Waals surface area contributed by atoms with Crippen LogP contribution in [0.25, 0.3) is 5.69 Å². The summed E-state index contributed by atoms with van der Waals surface area (Å²) < 4.78 is 2.02. The lowest BCUT2D eigenvalue weighted by Crippen LogP contribution is -2.45. The van der Waals surface area contributed by atoms with Crippen molar-refractivity contribution in [2.24, 2.45) is 4.99 Å². The van der Waals surface area contributed by atoms with Crippen molar-refractivity contribution in [3.8, 4) is 5.69 Å². The first kappa shape index (κ1) is 24.4. The molecule has 0 fully saturated rings. The highest BCUT2D eigenvalue weighted by atomic mass is 127. The van der Waals surface area contributed by atoms with Gasteiger partial charge >= 0.3 is 0 Å². The molecule has 0 unspecified atom stereocenters. The molecule has 1 heterocycles. The Balaban J connectivity index is 0.00000392. The summed E-state index contributed by atoms with van der Waals surface area (Å²) >= 11 is 0. The van der Waals surface area contributed by atoms with Crippen LogP contribution in [0.4, 0.5) is 0 Å². The van der Waals surface area contributed by atoms with Crippen LogP contribution in [0, 0.1) is 0 Å². The van der Waals surface area contributed by atoms with E-state index in [1.807, 2.05) is 23.2 Å². The molecular weight excluding hydrogens is 463 g/mol. The van der Waals surface area contributed by atoms with Crippen LogP contribution < -0.4 is 10.6 Å². The fraction of sp³-hybridized carbons (Fsp3) is 0.524. The van der Waals surface area contributed by atoms with Crippen LogP contribution in [0.1, 0.15) is 40.2 Å². The zero-order valence-corrected chi connectivity index (χ0v) is 20.1. The van der Waals surface area contributed by atoms with Gasteiger partial charge in [-0.2, -0.15) is 0 Å². The SMILES string of the molecule is CCNC(=NCc1ccccc1-n1ccnc1)NCCN(C(C)C)C(C)C.I. The highest BCUT2D eigenvalue weighted by Crippen LogP contribution is 2.15. The molecule has 2 aromatic rings. The van der Waals surface area contributed by atoms with E-state index in [9.17, 15) is 0 Å². The van der Waals surface area contributed by atoms with Crippen molar-refractivity contribution in [1.29, 1.82) is 0 Å². The van der Waals surface area contributed by atoms with Crippen LogP contribution in [0.5, 0.6) is 0 Å². The van der Waals surface area contributed by atoms with E-state index in [0.717, 1.165) is 31.3 Å². The second kappa shape index (κ2) is 12.8. The zero-order valence-electron chi connectivity index (χ0n) is 17.7. The van der Waals surface area contributed by atoms with Crippen molar-refractivity contribution in [3.05, 3.63) is 48.5 Å². The number of nitrogens with one attached hydrogen (secondary N) is 2. The lowest BCUT2D eigenvalue weighted by molar-refractivity contribution is 0.178. The summed E-state index contributed by atoms with van der Waals surface area (Å²) in [5.41, 5.74) is 2.28. The first-order valence-electron chi connectivity index (χ1n) is 9.87. The molecule has 1 aromatic carbocycles. The first-order chi connectivity index (χ1) is 13.0. The number of imidazole rings is 1. The quantitative estimate of drug-likeness (QED) is 0.315. The van der Waals surface area contributed by atoms with Gasteiger partial charge in [-0.05, 0) is 46.2 Å². The number of hydrogen-bond acceptors (Lipinski definition) is 3. The Hall–Kier alpha value is -1.61. The molecule has 156 valence electrons. The molecule has 28 heavy (non-hydrogen) atoms. The molecule has 0 saturated carbocycles. The van der Waals surface area contributed by atoms with Crippen LogP contribution in [-0.4, -0.2) is 52.1 Å². The van der Waals surface area contributed by atoms with E-state index < -0.39 is 0 Å². The average molecular weight is 498 g/mol. The number of benzene rings is 1. The Bertz CT molecular complexity index is 689. The summed E-state index contributed by atoms with van der Waals surface area (Å²) in [5, 5.41) is 6.80. The third-order valence-corrected chi connectivity index (χ3v) is 4.51. The minimum absolute atomic E-state index is 0. The molecule has 0 atom stereocenters. The van der Waals surface area contributed by atoms with E-state index in [1.54, 1.807) is 6.20 Å². The number of aliphatic imine (C=N–C) groups is 1. The zero-order chi connectivity index (χ0) is 19.6. The lowest BCUT2D eigenvalue weighted by Gasteiger charge is -2.30. The van der Waals surface area contributed by atoms with Crippen molar-refractivity contribution in [2.75, 3.05) is 19.6 Å². The summed E-state index contributed by atoms with van der Waals surface area (Å²) in [4.78, 5) is 11.4. The standard InChI is InChI=1S/C21H34N6.HI/c1-6-23-21(24-12-14-27(17(2)3)18(4)5)25-15-19-9-7-8-10-20(19)26-13-11-22-16-26;/h7-11,13,16-18H,6,12,14-15H2,1-5H3,(H2,23,24,25);1H. The predicted octanol–water partition coefficient (Wildman–Crippen LogP) is 3.66. The van der Waals surface area contributed by atoms with Crippen LogP contribution >= 0.6 is 24.0 Å². The monoisotopic (exact) mass is 498 g/mol. The van der Waals surface area contributed by atoms with E-state index in [4.69, 9.17) is 4.99 Å². The summed E-state index contributed by atoms with van der Waals surface area (Å²) in [5.74, 6) is 0.852. The van der Waals surface area contributed by atoms with E-state index in [2.05, 4.69) is 73.3 Å². The predicted molar refractivity (Wildman–Crippen MR) is 129 cm³/mol. The normalized spacial score (nSPS) is 11.8. The number of aromatic nitrogens is 2. The van der Waals surface area contributed by atoms with Crippen molar-refractivity contribution in [1.82, 2.24) is 25.1 Å². The van der Waals surface area contributed by atoms with Crippen molar-refractivity contribution in [3.63, 3.8) is 0 Å². The number of rotatable bonds is 9. The molecule has 0 aliphatic heterocycles. The van der Waals surface area contributed by atoms with Crippen molar-refractivity contribution < 1.29 is 0 Å². The Morgan fingerprint density at radius 1 is 1.14 bits per heavy atom. The topological polar surface area (TPSA) is 57.5 Å². The van der Waals surface area contributed by atoms with Gasteiger partial charge in [0.25, 0.3) is 0 Å². The maximum absolute atomic E-state index is 4.78. The van der Waals surface area contributed by atoms with Gasteiger partial charge in [0, 0.05) is 44.1 Å². The van der Waals surface area contributed by atoms with Gasteiger partial charge in [-0.1, -0.05) is 18.2 Å². The summed E-state index contributed by atoms with van der Waals surface area (Å²) in [7, 11) is 0. The molecule has 0 aliphatic rings. The Morgan fingerprint density at radius 3 is 2.46 bits per heavy atom. The van der Waals surface area contributed by atoms with Crippen LogP contribution in [0.15, 0.2) is 48.0 Å². The molecule has 0 amide bonds. The summed E-state index contributed by atoms with van der Waals surface area (Å²) in [6.07, 6.45) is 5.57. The van der Waals surface area contributed by atoms with Crippen LogP contribution in [0.3, 0.4) is 0 Å². The van der Waals surface area contributed by atoms with E-state index in [-0.39, 0.29) is 24.0 Å². The summed E-state index contributed by atoms with van der Waals surface area (Å²) in [6, 6.07) is 9.37. The minimum Gasteiger partial charge on any atom is -0.357 e. The van der Waals surface area contributed by atoms with Crippen LogP contribution in [-0.2, 0) is 6.54 Å². The van der Waals surface area contributed by atoms with Crippen molar-refractivity contribution in [2.45, 2.75) is 53.2 Å². The molecule has 2 N–H and O–H groups in total. The molecule has 1 aromatic heterocycles. The maximum Gasteiger partial charge on any atom is 0.191 e. The van der Waals surface area contributed by atoms with Gasteiger partial charge in [-0.25, -0.2) is 9.98 Å². The smallest absolute Gasteiger partial charge is 0.191 e. The molecular formula is C21H35IN6. The third kappa shape index (κ3) is 7.43. The molecule has 6 nitrogen and oxygen atoms in total. The van der Waals surface area contributed by atoms with Crippen molar-refractivity contribution >= 4 is 29.9 Å². The fourth-order valence-corrected chi connectivity index (χ4v) is 3.22. The molecule has 0 radical (unpaired) electrons. The maximum atomic E-state index is 4.78. The van der Waals surface area contributed by atoms with Gasteiger partial charge in [-0.3, -0.25) is 4.90 Å². The number of guanidine groups is 1. The van der Waals surface area contributed by atoms with E-state index in [0.29, 0.717) is 18.6 Å². The van der Waals surface area contributed by atoms with Gasteiger partial charge < -0.3 is 15.2 Å². The molecule has 0 saturated heterocycles. The van der Waals surface area contributed by atoms with Gasteiger partial charge in [0.15, 0.2) is 5.96 Å². The molecule has 0 bridgehead atoms. The lowest BCUT2D eigenvalue weighted by atomic mass is 10.2. The molecule has 7 heteroatoms. The summed E-state index contributed by atoms with van der Waals surface area (Å²) in [6.45, 7) is 14.4. The number of para-hydroxylation sites is 1. The first-order valence-corrected chi connectivity index (χ1v) is 9.87. The molecule has 2 rings (SSSR count). The highest BCUT2D eigenvalue weighted by molar-refractivity contribution is 14.0. The van der Waals surface area contributed by atoms with E-state index in [1.165, 1.54) is 5.56 Å². The van der Waals surface area contributed by atoms with Crippen LogP contribution in [0.2, 0.25) is 0 Å². The second-order valence-electron chi connectivity index (χ2n) is 7.15. The molecule has 0 aliphatic carbocycles. The van der Waals surface area contributed by atoms with Gasteiger partial charge in [0.2, 0.25) is 0 Å². The number of halogens is 1. The Labute approximate surface area is 186 Å². The second-order valence-corrected chi connectivity index (χ2v) is 7.15. The minimum atomic E-state index is 0. The van der Waals surface area contributed by atoms with E-state index >= 15 is 0 Å². The van der Waals surface area contributed by atoms with Gasteiger partial charge in [0.05, 0.1) is 18.6 Å². The number of nitrogens with zero attached hydrogens (tertiary/aromatic N) is 4. The Kier molecular flexibility index (Phi) is 11.1. The molecule has 0 spiro atoms. The van der Waals surface area contributed by atoms with Gasteiger partial charge in [-0.15, -0.1) is 24.0 Å². The average Bonchev–Trinajstić information content (AvgIpc) is 3.17. The largest absolute Gasteiger partial charge is 0.357 e. The fourth-order valence-electron chi connectivity index (χ4n) is 3.22. The number of hydrogen-bond donors (Lipinski definition) is 2.